The molecule has 0 fully saturated rings. The molecule has 0 saturated heterocycles. The van der Waals surface area contributed by atoms with Crippen molar-refractivity contribution in [2.45, 2.75) is 18.7 Å². The van der Waals surface area contributed by atoms with E-state index in [0.29, 0.717) is 11.1 Å². The Kier molecular flexibility index (Phi) is 7.65. The molecule has 37 heavy (non-hydrogen) atoms. The van der Waals surface area contributed by atoms with Crippen LogP contribution in [0.15, 0.2) is 71.1 Å². The molecule has 0 atom stereocenters. The van der Waals surface area contributed by atoms with Gasteiger partial charge in [-0.1, -0.05) is 24.3 Å². The third-order valence-electron chi connectivity index (χ3n) is 5.03. The smallest absolute Gasteiger partial charge is 0.339 e. The average molecular weight is 522 g/mol. The van der Waals surface area contributed by atoms with Gasteiger partial charge in [-0.05, 0) is 55.3 Å². The largest absolute Gasteiger partial charge is 0.379 e. The molecule has 0 bridgehead atoms. The number of nitrogens with zero attached hydrogens (tertiary/aromatic N) is 3. The fourth-order valence-electron chi connectivity index (χ4n) is 3.14. The Bertz CT molecular complexity index is 1590. The molecule has 1 N–H and O–H groups in total. The van der Waals surface area contributed by atoms with Crippen LogP contribution in [0.4, 0.5) is 17.1 Å². The molecule has 0 heterocycles. The van der Waals surface area contributed by atoms with E-state index in [-0.39, 0.29) is 33.9 Å². The molecule has 0 aliphatic carbocycles. The van der Waals surface area contributed by atoms with Gasteiger partial charge in [-0.15, -0.1) is 0 Å². The van der Waals surface area contributed by atoms with Crippen LogP contribution in [0.5, 0.6) is 5.75 Å². The van der Waals surface area contributed by atoms with E-state index in [1.165, 1.54) is 61.5 Å². The molecule has 13 heteroatoms. The van der Waals surface area contributed by atoms with E-state index in [1.807, 2.05) is 0 Å². The summed E-state index contributed by atoms with van der Waals surface area (Å²) in [5.41, 5.74) is 0.104. The molecular formula is C24H18N4O8S. The van der Waals surface area contributed by atoms with Crippen molar-refractivity contribution in [1.82, 2.24) is 0 Å². The maximum Gasteiger partial charge on any atom is 0.339 e. The predicted molar refractivity (Wildman–Crippen MR) is 132 cm³/mol. The van der Waals surface area contributed by atoms with E-state index in [4.69, 9.17) is 4.18 Å². The van der Waals surface area contributed by atoms with E-state index in [2.05, 4.69) is 5.32 Å². The molecular weight excluding hydrogens is 504 g/mol. The van der Waals surface area contributed by atoms with Crippen LogP contribution in [-0.4, -0.2) is 24.2 Å². The number of nitrogens with one attached hydrogen (secondary N) is 1. The van der Waals surface area contributed by atoms with Gasteiger partial charge in [-0.3, -0.25) is 25.0 Å². The summed E-state index contributed by atoms with van der Waals surface area (Å²) >= 11 is 0. The SMILES string of the molecule is Cc1ccc(NC(=O)/C(C#N)=C/c2ccc(OS(=O)(=O)c3ccc(C)c([N+](=O)[O-])c3)cc2)c([N+](=O)[O-])c1. The van der Waals surface area contributed by atoms with Crippen molar-refractivity contribution in [3.8, 4) is 11.8 Å². The first kappa shape index (κ1) is 26.5. The normalized spacial score (nSPS) is 11.3. The first-order valence-electron chi connectivity index (χ1n) is 10.4. The summed E-state index contributed by atoms with van der Waals surface area (Å²) in [6, 6.07) is 14.6. The summed E-state index contributed by atoms with van der Waals surface area (Å²) in [4.78, 5) is 33.2. The Balaban J connectivity index is 1.79. The van der Waals surface area contributed by atoms with Gasteiger partial charge in [0.1, 0.15) is 28.0 Å². The molecule has 1 amide bonds. The van der Waals surface area contributed by atoms with Crippen LogP contribution in [0.25, 0.3) is 6.08 Å². The average Bonchev–Trinajstić information content (AvgIpc) is 2.84. The minimum atomic E-state index is -4.38. The van der Waals surface area contributed by atoms with Crippen LogP contribution in [0.1, 0.15) is 16.7 Å². The quantitative estimate of drug-likeness (QED) is 0.147. The zero-order valence-electron chi connectivity index (χ0n) is 19.4. The van der Waals surface area contributed by atoms with E-state index in [9.17, 15) is 38.7 Å². The number of aryl methyl sites for hydroxylation is 2. The highest BCUT2D eigenvalue weighted by molar-refractivity contribution is 7.87. The summed E-state index contributed by atoms with van der Waals surface area (Å²) in [6.45, 7) is 3.13. The molecule has 188 valence electrons. The zero-order valence-corrected chi connectivity index (χ0v) is 20.2. The second-order valence-corrected chi connectivity index (χ2v) is 9.26. The van der Waals surface area contributed by atoms with Crippen LogP contribution < -0.4 is 9.50 Å². The molecule has 0 spiro atoms. The van der Waals surface area contributed by atoms with Crippen LogP contribution in [0.3, 0.4) is 0 Å². The topological polar surface area (TPSA) is 183 Å². The molecule has 0 aliphatic heterocycles. The minimum Gasteiger partial charge on any atom is -0.379 e. The lowest BCUT2D eigenvalue weighted by atomic mass is 10.1. The third-order valence-corrected chi connectivity index (χ3v) is 6.27. The van der Waals surface area contributed by atoms with Crippen LogP contribution in [-0.2, 0) is 14.9 Å². The number of anilines is 1. The summed E-state index contributed by atoms with van der Waals surface area (Å²) < 4.78 is 30.2. The number of carbonyl (C=O) groups is 1. The highest BCUT2D eigenvalue weighted by Gasteiger charge is 2.22. The highest BCUT2D eigenvalue weighted by atomic mass is 32.2. The summed E-state index contributed by atoms with van der Waals surface area (Å²) in [5.74, 6) is -0.989. The van der Waals surface area contributed by atoms with Gasteiger partial charge in [0.25, 0.3) is 17.3 Å². The number of nitro benzene ring substituents is 2. The lowest BCUT2D eigenvalue weighted by molar-refractivity contribution is -0.385. The minimum absolute atomic E-state index is 0.0768. The van der Waals surface area contributed by atoms with Gasteiger partial charge in [-0.25, -0.2) is 0 Å². The maximum atomic E-state index is 12.6. The second-order valence-electron chi connectivity index (χ2n) is 7.71. The van der Waals surface area contributed by atoms with Crippen molar-refractivity contribution < 1.29 is 27.2 Å². The van der Waals surface area contributed by atoms with Gasteiger partial charge in [0.15, 0.2) is 0 Å². The zero-order chi connectivity index (χ0) is 27.3. The molecule has 12 nitrogen and oxygen atoms in total. The number of nitro groups is 2. The number of benzene rings is 3. The van der Waals surface area contributed by atoms with E-state index in [0.717, 1.165) is 6.07 Å². The summed E-state index contributed by atoms with van der Waals surface area (Å²) in [7, 11) is -4.38. The number of carbonyl (C=O) groups excluding carboxylic acids is 1. The van der Waals surface area contributed by atoms with Crippen LogP contribution >= 0.6 is 0 Å². The highest BCUT2D eigenvalue weighted by Crippen LogP contribution is 2.27. The molecule has 0 radical (unpaired) electrons. The maximum absolute atomic E-state index is 12.6. The van der Waals surface area contributed by atoms with Gasteiger partial charge in [0.05, 0.1) is 9.85 Å². The van der Waals surface area contributed by atoms with Gasteiger partial charge in [-0.2, -0.15) is 13.7 Å². The summed E-state index contributed by atoms with van der Waals surface area (Å²) in [5, 5.41) is 34.1. The second kappa shape index (κ2) is 10.7. The molecule has 0 aliphatic rings. The Morgan fingerprint density at radius 3 is 2.22 bits per heavy atom. The monoisotopic (exact) mass is 522 g/mol. The standard InChI is InChI=1S/C24H18N4O8S/c1-15-3-10-21(23(11-15)28(32)33)26-24(29)18(14-25)12-17-5-7-19(8-6-17)36-37(34,35)20-9-4-16(2)22(13-20)27(30)31/h3-13H,1-2H3,(H,26,29)/b18-12+. The number of nitriles is 1. The molecule has 3 rings (SSSR count). The number of hydrogen-bond donors (Lipinski definition) is 1. The lowest BCUT2D eigenvalue weighted by Gasteiger charge is -2.08. The van der Waals surface area contributed by atoms with Gasteiger partial charge in [0, 0.05) is 17.7 Å². The molecule has 0 unspecified atom stereocenters. The van der Waals surface area contributed by atoms with E-state index >= 15 is 0 Å². The van der Waals surface area contributed by atoms with E-state index in [1.54, 1.807) is 19.1 Å². The fraction of sp³-hybridized carbons (Fsp3) is 0.0833. The van der Waals surface area contributed by atoms with Crippen molar-refractivity contribution in [2.75, 3.05) is 5.32 Å². The van der Waals surface area contributed by atoms with Crippen LogP contribution in [0.2, 0.25) is 0 Å². The third kappa shape index (κ3) is 6.32. The Morgan fingerprint density at radius 2 is 1.62 bits per heavy atom. The Labute approximate surface area is 210 Å². The van der Waals surface area contributed by atoms with E-state index < -0.39 is 30.8 Å². The first-order chi connectivity index (χ1) is 17.4. The Morgan fingerprint density at radius 1 is 0.973 bits per heavy atom. The van der Waals surface area contributed by atoms with Crippen molar-refractivity contribution in [2.24, 2.45) is 0 Å². The first-order valence-corrected chi connectivity index (χ1v) is 11.8. The summed E-state index contributed by atoms with van der Waals surface area (Å²) in [6.07, 6.45) is 1.21. The van der Waals surface area contributed by atoms with Gasteiger partial charge >= 0.3 is 10.1 Å². The molecule has 3 aromatic carbocycles. The van der Waals surface area contributed by atoms with Crippen LogP contribution in [0, 0.1) is 45.4 Å². The molecule has 0 aromatic heterocycles. The number of hydrogen-bond acceptors (Lipinski definition) is 9. The number of rotatable bonds is 8. The molecule has 0 saturated carbocycles. The fourth-order valence-corrected chi connectivity index (χ4v) is 4.09. The Hall–Kier alpha value is -5.09. The van der Waals surface area contributed by atoms with Gasteiger partial charge < -0.3 is 9.50 Å². The van der Waals surface area contributed by atoms with Crippen molar-refractivity contribution >= 4 is 39.2 Å². The van der Waals surface area contributed by atoms with Crippen molar-refractivity contribution in [3.63, 3.8) is 0 Å². The van der Waals surface area contributed by atoms with Crippen molar-refractivity contribution in [1.29, 1.82) is 5.26 Å². The van der Waals surface area contributed by atoms with Crippen molar-refractivity contribution in [3.05, 3.63) is 103 Å². The number of amides is 1. The predicted octanol–water partition coefficient (Wildman–Crippen LogP) is 4.43. The van der Waals surface area contributed by atoms with Gasteiger partial charge in [0.2, 0.25) is 0 Å². The molecule has 3 aromatic rings. The lowest BCUT2D eigenvalue weighted by Crippen LogP contribution is -2.14.